The highest BCUT2D eigenvalue weighted by atomic mass is 32.2. The minimum Gasteiger partial charge on any atom is -0.507 e. The third-order valence-electron chi connectivity index (χ3n) is 9.76. The molecule has 0 aliphatic carbocycles. The number of ether oxygens (including phenoxy) is 7. The van der Waals surface area contributed by atoms with Crippen molar-refractivity contribution in [1.29, 1.82) is 0 Å². The number of phenols is 1. The van der Waals surface area contributed by atoms with Crippen LogP contribution in [0.5, 0.6) is 5.75 Å². The number of thioether (sulfide) groups is 1. The lowest BCUT2D eigenvalue weighted by Gasteiger charge is -2.16. The van der Waals surface area contributed by atoms with Crippen LogP contribution in [-0.2, 0) is 38.0 Å². The number of unbranched alkanes of at least 4 members (excludes halogenated alkanes) is 1. The highest BCUT2D eigenvalue weighted by Crippen LogP contribution is 2.34. The number of urea groups is 1. The number of carbonyl (C=O) groups excluding carboxylic acids is 3. The molecule has 4 N–H and O–H groups in total. The molecule has 3 atom stereocenters. The number of furan rings is 1. The lowest BCUT2D eigenvalue weighted by molar-refractivity contribution is -0.119. The molecule has 2 aliphatic heterocycles. The monoisotopic (exact) mass is 844 g/mol. The second kappa shape index (κ2) is 27.1. The Kier molecular flexibility index (Phi) is 21.3. The fourth-order valence-electron chi connectivity index (χ4n) is 6.65. The van der Waals surface area contributed by atoms with Crippen molar-refractivity contribution in [1.82, 2.24) is 20.8 Å². The molecule has 2 fully saturated rings. The highest BCUT2D eigenvalue weighted by Gasteiger charge is 2.42. The normalized spacial score (nSPS) is 17.3. The summed E-state index contributed by atoms with van der Waals surface area (Å²) in [5, 5.41) is 24.1. The van der Waals surface area contributed by atoms with E-state index in [-0.39, 0.29) is 35.4 Å². The van der Waals surface area contributed by atoms with Gasteiger partial charge >= 0.3 is 6.03 Å². The number of aromatic amines is 1. The molecule has 1 unspecified atom stereocenters. The number of rotatable bonds is 34. The topological polar surface area (TPSA) is 202 Å². The van der Waals surface area contributed by atoms with Crippen molar-refractivity contribution in [2.24, 2.45) is 0 Å². The van der Waals surface area contributed by atoms with Crippen LogP contribution in [-0.4, -0.2) is 148 Å². The van der Waals surface area contributed by atoms with E-state index >= 15 is 0 Å². The van der Waals surface area contributed by atoms with E-state index in [0.29, 0.717) is 152 Å². The van der Waals surface area contributed by atoms with Gasteiger partial charge in [-0.3, -0.25) is 14.7 Å². The first-order valence-corrected chi connectivity index (χ1v) is 21.7. The lowest BCUT2D eigenvalue weighted by Crippen LogP contribution is -2.36. The number of carbonyl (C=O) groups is 3. The first-order chi connectivity index (χ1) is 29.0. The molecule has 17 heteroatoms. The summed E-state index contributed by atoms with van der Waals surface area (Å²) in [6, 6.07) is 10.6. The minimum absolute atomic E-state index is 0.0176. The van der Waals surface area contributed by atoms with Gasteiger partial charge in [-0.15, -0.1) is 0 Å². The molecule has 3 aromatic rings. The smallest absolute Gasteiger partial charge is 0.315 e. The summed E-state index contributed by atoms with van der Waals surface area (Å²) in [7, 11) is 0. The first kappa shape index (κ1) is 46.3. The van der Waals surface area contributed by atoms with Crippen LogP contribution in [0.3, 0.4) is 0 Å². The first-order valence-electron chi connectivity index (χ1n) is 20.7. The van der Waals surface area contributed by atoms with E-state index in [2.05, 4.69) is 20.8 Å². The zero-order chi connectivity index (χ0) is 41.3. The second-order valence-corrected chi connectivity index (χ2v) is 15.5. The number of aromatic nitrogens is 2. The van der Waals surface area contributed by atoms with Gasteiger partial charge in [-0.1, -0.05) is 12.5 Å². The van der Waals surface area contributed by atoms with Gasteiger partial charge < -0.3 is 53.3 Å². The molecule has 59 heavy (non-hydrogen) atoms. The minimum atomic E-state index is -0.0722. The van der Waals surface area contributed by atoms with E-state index in [4.69, 9.17) is 37.6 Å². The molecule has 0 saturated carbocycles. The van der Waals surface area contributed by atoms with Crippen molar-refractivity contribution < 1.29 is 57.1 Å². The third-order valence-corrected chi connectivity index (χ3v) is 11.3. The standard InChI is InChI=1S/C42H60N4O12S/c47-32(6-1-2-10-40-41-36(30-59-40)43-42(50)44-41)7-3-13-51-16-18-53-20-22-55-24-26-57-27-25-56-23-21-54-19-17-52-14-4-8-37(48)31-11-12-33(38(49)28-31)34-29-35(46-45-34)39-9-5-15-58-39/h5,9,11-12,15,28-29,36,40-41,49H,1-4,6-8,10,13-14,16-27,30H2,(H,45,46)(H2,43,44,50)/t36-,40?,41-/m0/s1. The predicted molar refractivity (Wildman–Crippen MR) is 221 cm³/mol. The maximum Gasteiger partial charge on any atom is 0.315 e. The van der Waals surface area contributed by atoms with Gasteiger partial charge in [0.1, 0.15) is 17.2 Å². The highest BCUT2D eigenvalue weighted by molar-refractivity contribution is 8.00. The Bertz CT molecular complexity index is 1660. The summed E-state index contributed by atoms with van der Waals surface area (Å²) in [5.41, 5.74) is 2.20. The number of benzene rings is 1. The zero-order valence-corrected chi connectivity index (χ0v) is 34.6. The van der Waals surface area contributed by atoms with E-state index < -0.39 is 0 Å². The van der Waals surface area contributed by atoms with E-state index in [1.165, 1.54) is 6.07 Å². The average Bonchev–Trinajstić information content (AvgIpc) is 4.06. The Morgan fingerprint density at radius 1 is 0.729 bits per heavy atom. The van der Waals surface area contributed by atoms with Gasteiger partial charge in [0.05, 0.1) is 103 Å². The molecular weight excluding hydrogens is 785 g/mol. The Hall–Kier alpha value is -3.81. The maximum atomic E-state index is 12.6. The van der Waals surface area contributed by atoms with Crippen LogP contribution in [0.25, 0.3) is 22.7 Å². The fourth-order valence-corrected chi connectivity index (χ4v) is 8.19. The van der Waals surface area contributed by atoms with E-state index in [1.54, 1.807) is 30.5 Å². The van der Waals surface area contributed by atoms with Crippen LogP contribution in [0.4, 0.5) is 4.79 Å². The molecule has 16 nitrogen and oxygen atoms in total. The summed E-state index contributed by atoms with van der Waals surface area (Å²) in [6.07, 6.45) is 7.25. The average molecular weight is 845 g/mol. The van der Waals surface area contributed by atoms with Crippen molar-refractivity contribution in [2.75, 3.05) is 98.2 Å². The third kappa shape index (κ3) is 17.0. The van der Waals surface area contributed by atoms with Crippen molar-refractivity contribution in [3.05, 3.63) is 48.2 Å². The van der Waals surface area contributed by atoms with Gasteiger partial charge in [-0.2, -0.15) is 16.9 Å². The largest absolute Gasteiger partial charge is 0.507 e. The van der Waals surface area contributed by atoms with Crippen LogP contribution in [0.15, 0.2) is 47.1 Å². The van der Waals surface area contributed by atoms with Gasteiger partial charge in [-0.25, -0.2) is 4.79 Å². The van der Waals surface area contributed by atoms with E-state index in [9.17, 15) is 19.5 Å². The molecule has 1 aromatic carbocycles. The number of amides is 2. The number of ketones is 2. The van der Waals surface area contributed by atoms with Gasteiger partial charge in [0, 0.05) is 54.6 Å². The van der Waals surface area contributed by atoms with E-state index in [0.717, 1.165) is 31.4 Å². The molecule has 5 rings (SSSR count). The van der Waals surface area contributed by atoms with E-state index in [1.807, 2.05) is 17.8 Å². The number of nitrogens with zero attached hydrogens (tertiary/aromatic N) is 1. The van der Waals surface area contributed by atoms with Gasteiger partial charge in [0.25, 0.3) is 0 Å². The zero-order valence-electron chi connectivity index (χ0n) is 33.8. The molecule has 2 aliphatic rings. The number of aromatic hydroxyl groups is 1. The number of hydrogen-bond acceptors (Lipinski definition) is 14. The van der Waals surface area contributed by atoms with Gasteiger partial charge in [0.2, 0.25) is 0 Å². The number of fused-ring (bicyclic) bond motifs is 1. The van der Waals surface area contributed by atoms with Crippen molar-refractivity contribution in [2.45, 2.75) is 68.7 Å². The Morgan fingerprint density at radius 3 is 1.92 bits per heavy atom. The molecule has 2 aromatic heterocycles. The molecule has 2 amide bonds. The van der Waals surface area contributed by atoms with Crippen molar-refractivity contribution in [3.8, 4) is 28.5 Å². The molecular formula is C42H60N4O12S. The number of H-pyrrole nitrogens is 1. The van der Waals surface area contributed by atoms with Crippen LogP contribution in [0, 0.1) is 0 Å². The molecule has 4 heterocycles. The van der Waals surface area contributed by atoms with Crippen LogP contribution in [0.1, 0.15) is 61.7 Å². The number of phenolic OH excluding ortho intramolecular Hbond substituents is 1. The molecule has 326 valence electrons. The number of hydrogen-bond donors (Lipinski definition) is 4. The summed E-state index contributed by atoms with van der Waals surface area (Å²) in [4.78, 5) is 36.3. The molecule has 0 bridgehead atoms. The summed E-state index contributed by atoms with van der Waals surface area (Å²) in [6.45, 7) is 6.52. The fraction of sp³-hybridized carbons (Fsp3) is 0.619. The summed E-state index contributed by atoms with van der Waals surface area (Å²) >= 11 is 1.91. The number of nitrogens with one attached hydrogen (secondary N) is 3. The van der Waals surface area contributed by atoms with Gasteiger partial charge in [0.15, 0.2) is 11.5 Å². The van der Waals surface area contributed by atoms with Crippen molar-refractivity contribution >= 4 is 29.4 Å². The Balaban J connectivity index is 0.708. The number of Topliss-reactive ketones (excluding diaryl/α,β-unsaturated/α-hetero) is 2. The van der Waals surface area contributed by atoms with Crippen LogP contribution >= 0.6 is 11.8 Å². The quantitative estimate of drug-likeness (QED) is 0.0347. The van der Waals surface area contributed by atoms with Crippen LogP contribution in [0.2, 0.25) is 0 Å². The predicted octanol–water partition coefficient (Wildman–Crippen LogP) is 5.20. The lowest BCUT2D eigenvalue weighted by atomic mass is 10.0. The van der Waals surface area contributed by atoms with Gasteiger partial charge in [-0.05, 0) is 56.0 Å². The molecule has 0 spiro atoms. The Morgan fingerprint density at radius 2 is 1.32 bits per heavy atom. The van der Waals surface area contributed by atoms with Crippen molar-refractivity contribution in [3.63, 3.8) is 0 Å². The SMILES string of the molecule is O=C(CCCCC1SC[C@@H]2NC(=O)N[C@H]12)CCCOCCOCCOCCOCCOCCOCCOCCCC(=O)c1ccc(-c2cc(-c3ccco3)[nH]n2)c(O)c1. The second-order valence-electron chi connectivity index (χ2n) is 14.2. The molecule has 0 radical (unpaired) electrons. The summed E-state index contributed by atoms with van der Waals surface area (Å²) in [5.74, 6) is 1.80. The molecule has 2 saturated heterocycles. The summed E-state index contributed by atoms with van der Waals surface area (Å²) < 4.78 is 44.1. The van der Waals surface area contributed by atoms with Crippen LogP contribution < -0.4 is 10.6 Å². The maximum absolute atomic E-state index is 12.6. The Labute approximate surface area is 350 Å².